The highest BCUT2D eigenvalue weighted by molar-refractivity contribution is 5.23. The molecule has 0 fully saturated rings. The normalized spacial score (nSPS) is 11.6. The lowest BCUT2D eigenvalue weighted by atomic mass is 9.80. The van der Waals surface area contributed by atoms with Crippen LogP contribution in [0.25, 0.3) is 0 Å². The van der Waals surface area contributed by atoms with Crippen molar-refractivity contribution >= 4 is 0 Å². The zero-order valence-electron chi connectivity index (χ0n) is 11.0. The zero-order valence-corrected chi connectivity index (χ0v) is 11.0. The lowest BCUT2D eigenvalue weighted by Gasteiger charge is -2.29. The number of halogens is 2. The van der Waals surface area contributed by atoms with Gasteiger partial charge in [0, 0.05) is 6.07 Å². The molecule has 0 saturated carbocycles. The standard InChI is InChI=1S/C14H21F2NO/c1-3-14(4-2,10-17)7-8-18-11-5-6-12(15)13(16)9-11/h5-6,9H,3-4,7-8,10,17H2,1-2H3. The molecule has 18 heavy (non-hydrogen) atoms. The van der Waals surface area contributed by atoms with E-state index in [-0.39, 0.29) is 5.41 Å². The molecule has 0 spiro atoms. The van der Waals surface area contributed by atoms with E-state index in [9.17, 15) is 8.78 Å². The maximum Gasteiger partial charge on any atom is 0.162 e. The van der Waals surface area contributed by atoms with Crippen LogP contribution in [0.15, 0.2) is 18.2 Å². The molecule has 0 unspecified atom stereocenters. The Morgan fingerprint density at radius 2 is 1.83 bits per heavy atom. The Morgan fingerprint density at radius 1 is 1.17 bits per heavy atom. The summed E-state index contributed by atoms with van der Waals surface area (Å²) in [5.74, 6) is -1.39. The maximum absolute atomic E-state index is 13.0. The van der Waals surface area contributed by atoms with Gasteiger partial charge in [-0.05, 0) is 43.4 Å². The van der Waals surface area contributed by atoms with Crippen molar-refractivity contribution in [2.24, 2.45) is 11.1 Å². The molecule has 4 heteroatoms. The molecule has 0 aliphatic heterocycles. The van der Waals surface area contributed by atoms with Crippen LogP contribution in [0.4, 0.5) is 8.78 Å². The predicted molar refractivity (Wildman–Crippen MR) is 68.5 cm³/mol. The smallest absolute Gasteiger partial charge is 0.162 e. The Morgan fingerprint density at radius 3 is 2.33 bits per heavy atom. The largest absolute Gasteiger partial charge is 0.493 e. The minimum absolute atomic E-state index is 0.0819. The van der Waals surface area contributed by atoms with Crippen molar-refractivity contribution in [1.82, 2.24) is 0 Å². The van der Waals surface area contributed by atoms with Gasteiger partial charge < -0.3 is 10.5 Å². The van der Waals surface area contributed by atoms with E-state index in [1.807, 2.05) is 0 Å². The molecule has 0 heterocycles. The minimum atomic E-state index is -0.886. The molecule has 0 bridgehead atoms. The van der Waals surface area contributed by atoms with Crippen molar-refractivity contribution in [2.75, 3.05) is 13.2 Å². The number of nitrogens with two attached hydrogens (primary N) is 1. The van der Waals surface area contributed by atoms with E-state index in [0.717, 1.165) is 31.4 Å². The molecule has 2 N–H and O–H groups in total. The van der Waals surface area contributed by atoms with Gasteiger partial charge in [0.15, 0.2) is 11.6 Å². The fourth-order valence-electron chi connectivity index (χ4n) is 1.95. The number of hydrogen-bond acceptors (Lipinski definition) is 2. The summed E-state index contributed by atoms with van der Waals surface area (Å²) in [6.07, 6.45) is 2.79. The topological polar surface area (TPSA) is 35.2 Å². The molecule has 0 atom stereocenters. The van der Waals surface area contributed by atoms with Crippen LogP contribution in [-0.2, 0) is 0 Å². The first-order chi connectivity index (χ1) is 8.56. The van der Waals surface area contributed by atoms with Gasteiger partial charge in [-0.1, -0.05) is 13.8 Å². The van der Waals surface area contributed by atoms with Gasteiger partial charge in [-0.3, -0.25) is 0 Å². The summed E-state index contributed by atoms with van der Waals surface area (Å²) in [4.78, 5) is 0. The van der Waals surface area contributed by atoms with Gasteiger partial charge in [0.05, 0.1) is 6.61 Å². The number of rotatable bonds is 7. The molecular formula is C14H21F2NO. The van der Waals surface area contributed by atoms with Crippen molar-refractivity contribution in [1.29, 1.82) is 0 Å². The van der Waals surface area contributed by atoms with Crippen molar-refractivity contribution in [2.45, 2.75) is 33.1 Å². The second-order valence-corrected chi connectivity index (χ2v) is 4.59. The fourth-order valence-corrected chi connectivity index (χ4v) is 1.95. The second kappa shape index (κ2) is 6.69. The Hall–Kier alpha value is -1.16. The van der Waals surface area contributed by atoms with Crippen LogP contribution in [0, 0.1) is 17.0 Å². The third-order valence-corrected chi connectivity index (χ3v) is 3.73. The number of benzene rings is 1. The summed E-state index contributed by atoms with van der Waals surface area (Å²) < 4.78 is 31.1. The van der Waals surface area contributed by atoms with Gasteiger partial charge in [-0.2, -0.15) is 0 Å². The SMILES string of the molecule is CCC(CC)(CN)CCOc1ccc(F)c(F)c1. The molecule has 0 aliphatic rings. The van der Waals surface area contributed by atoms with E-state index in [1.165, 1.54) is 6.07 Å². The fraction of sp³-hybridized carbons (Fsp3) is 0.571. The van der Waals surface area contributed by atoms with Gasteiger partial charge >= 0.3 is 0 Å². The van der Waals surface area contributed by atoms with Gasteiger partial charge in [0.2, 0.25) is 0 Å². The van der Waals surface area contributed by atoms with Crippen LogP contribution < -0.4 is 10.5 Å². The van der Waals surface area contributed by atoms with Crippen molar-refractivity contribution < 1.29 is 13.5 Å². The summed E-state index contributed by atoms with van der Waals surface area (Å²) in [6, 6.07) is 3.57. The average Bonchev–Trinajstić information content (AvgIpc) is 2.39. The predicted octanol–water partition coefficient (Wildman–Crippen LogP) is 3.50. The molecule has 0 aromatic heterocycles. The molecular weight excluding hydrogens is 236 g/mol. The van der Waals surface area contributed by atoms with E-state index in [0.29, 0.717) is 18.9 Å². The summed E-state index contributed by atoms with van der Waals surface area (Å²) in [5.41, 5.74) is 5.87. The highest BCUT2D eigenvalue weighted by Gasteiger charge is 2.24. The highest BCUT2D eigenvalue weighted by atomic mass is 19.2. The van der Waals surface area contributed by atoms with Crippen LogP contribution in [0.3, 0.4) is 0 Å². The average molecular weight is 257 g/mol. The molecule has 102 valence electrons. The zero-order chi connectivity index (χ0) is 13.6. The summed E-state index contributed by atoms with van der Waals surface area (Å²) in [5, 5.41) is 0. The summed E-state index contributed by atoms with van der Waals surface area (Å²) >= 11 is 0. The van der Waals surface area contributed by atoms with Crippen LogP contribution in [0.5, 0.6) is 5.75 Å². The van der Waals surface area contributed by atoms with E-state index in [2.05, 4.69) is 13.8 Å². The third kappa shape index (κ3) is 3.67. The summed E-state index contributed by atoms with van der Waals surface area (Å²) in [6.45, 7) is 5.28. The van der Waals surface area contributed by atoms with Crippen molar-refractivity contribution in [3.05, 3.63) is 29.8 Å². The van der Waals surface area contributed by atoms with Crippen LogP contribution in [-0.4, -0.2) is 13.2 Å². The van der Waals surface area contributed by atoms with Gasteiger partial charge in [-0.15, -0.1) is 0 Å². The van der Waals surface area contributed by atoms with E-state index >= 15 is 0 Å². The van der Waals surface area contributed by atoms with E-state index in [4.69, 9.17) is 10.5 Å². The molecule has 1 aromatic rings. The molecule has 0 aliphatic carbocycles. The Bertz CT molecular complexity index is 370. The molecule has 0 radical (unpaired) electrons. The molecule has 1 aromatic carbocycles. The maximum atomic E-state index is 13.0. The first-order valence-corrected chi connectivity index (χ1v) is 6.35. The van der Waals surface area contributed by atoms with Crippen LogP contribution >= 0.6 is 0 Å². The summed E-state index contributed by atoms with van der Waals surface area (Å²) in [7, 11) is 0. The third-order valence-electron chi connectivity index (χ3n) is 3.73. The lowest BCUT2D eigenvalue weighted by Crippen LogP contribution is -2.31. The van der Waals surface area contributed by atoms with Gasteiger partial charge in [-0.25, -0.2) is 8.78 Å². The monoisotopic (exact) mass is 257 g/mol. The van der Waals surface area contributed by atoms with Crippen molar-refractivity contribution in [3.8, 4) is 5.75 Å². The lowest BCUT2D eigenvalue weighted by molar-refractivity contribution is 0.186. The Kier molecular flexibility index (Phi) is 5.54. The molecule has 1 rings (SSSR count). The Labute approximate surface area is 107 Å². The van der Waals surface area contributed by atoms with Gasteiger partial charge in [0.25, 0.3) is 0 Å². The number of ether oxygens (including phenoxy) is 1. The quantitative estimate of drug-likeness (QED) is 0.811. The minimum Gasteiger partial charge on any atom is -0.493 e. The van der Waals surface area contributed by atoms with Crippen LogP contribution in [0.1, 0.15) is 33.1 Å². The second-order valence-electron chi connectivity index (χ2n) is 4.59. The first kappa shape index (κ1) is 14.9. The van der Waals surface area contributed by atoms with Crippen molar-refractivity contribution in [3.63, 3.8) is 0 Å². The van der Waals surface area contributed by atoms with Crippen LogP contribution in [0.2, 0.25) is 0 Å². The van der Waals surface area contributed by atoms with Gasteiger partial charge in [0.1, 0.15) is 5.75 Å². The van der Waals surface area contributed by atoms with E-state index in [1.54, 1.807) is 0 Å². The Balaban J connectivity index is 2.52. The molecule has 2 nitrogen and oxygen atoms in total. The molecule has 0 saturated heterocycles. The highest BCUT2D eigenvalue weighted by Crippen LogP contribution is 2.29. The van der Waals surface area contributed by atoms with E-state index < -0.39 is 11.6 Å². The first-order valence-electron chi connectivity index (χ1n) is 6.35. The number of hydrogen-bond donors (Lipinski definition) is 1. The molecule has 0 amide bonds.